The Morgan fingerprint density at radius 3 is 2.45 bits per heavy atom. The van der Waals surface area contributed by atoms with Crippen LogP contribution in [-0.4, -0.2) is 54.0 Å². The Hall–Kier alpha value is -3.40. The van der Waals surface area contributed by atoms with Crippen LogP contribution >= 0.6 is 0 Å². The SMILES string of the molecule is C[C@@H]1CCC[C@H](C)N1CCCCCN1C(=O)C(c2cccc(/C(N)=N/OC(=O)C(F)(F)F)c2)Cc2ccccc21. The summed E-state index contributed by atoms with van der Waals surface area (Å²) >= 11 is 0. The fourth-order valence-electron chi connectivity index (χ4n) is 5.82. The lowest BCUT2D eigenvalue weighted by molar-refractivity contribution is -0.199. The normalized spacial score (nSPS) is 22.2. The molecule has 0 radical (unpaired) electrons. The van der Waals surface area contributed by atoms with Crippen LogP contribution in [0.2, 0.25) is 0 Å². The number of oxime groups is 1. The van der Waals surface area contributed by atoms with Crippen LogP contribution in [0.5, 0.6) is 0 Å². The summed E-state index contributed by atoms with van der Waals surface area (Å²) in [5.41, 5.74) is 8.68. The van der Waals surface area contributed by atoms with Crippen molar-refractivity contribution in [3.8, 4) is 0 Å². The van der Waals surface area contributed by atoms with Crippen LogP contribution in [0, 0.1) is 0 Å². The molecule has 40 heavy (non-hydrogen) atoms. The number of para-hydroxylation sites is 1. The first-order chi connectivity index (χ1) is 19.1. The Morgan fingerprint density at radius 2 is 1.73 bits per heavy atom. The quantitative estimate of drug-likeness (QED) is 0.144. The monoisotopic (exact) mass is 558 g/mol. The van der Waals surface area contributed by atoms with E-state index in [-0.39, 0.29) is 11.5 Å². The van der Waals surface area contributed by atoms with E-state index in [1.807, 2.05) is 29.2 Å². The molecule has 4 rings (SSSR count). The average Bonchev–Trinajstić information content (AvgIpc) is 2.93. The summed E-state index contributed by atoms with van der Waals surface area (Å²) in [6, 6.07) is 15.7. The summed E-state index contributed by atoms with van der Waals surface area (Å²) in [6.07, 6.45) is 2.09. The predicted molar refractivity (Wildman–Crippen MR) is 148 cm³/mol. The number of alkyl halides is 3. The second-order valence-electron chi connectivity index (χ2n) is 10.8. The van der Waals surface area contributed by atoms with E-state index in [4.69, 9.17) is 5.73 Å². The number of hydrogen-bond acceptors (Lipinski definition) is 5. The number of unbranched alkanes of at least 4 members (excludes halogenated alkanes) is 2. The van der Waals surface area contributed by atoms with E-state index in [9.17, 15) is 22.8 Å². The number of hydrogen-bond donors (Lipinski definition) is 1. The van der Waals surface area contributed by atoms with Gasteiger partial charge in [0.25, 0.3) is 0 Å². The van der Waals surface area contributed by atoms with Crippen molar-refractivity contribution in [2.24, 2.45) is 10.9 Å². The van der Waals surface area contributed by atoms with Gasteiger partial charge in [0, 0.05) is 29.9 Å². The number of amidine groups is 1. The van der Waals surface area contributed by atoms with Gasteiger partial charge in [-0.15, -0.1) is 0 Å². The number of rotatable bonds is 9. The Morgan fingerprint density at radius 1 is 1.02 bits per heavy atom. The topological polar surface area (TPSA) is 88.2 Å². The molecule has 1 amide bonds. The van der Waals surface area contributed by atoms with Gasteiger partial charge in [0.1, 0.15) is 0 Å². The van der Waals surface area contributed by atoms with Gasteiger partial charge in [0.05, 0.1) is 5.92 Å². The highest BCUT2D eigenvalue weighted by atomic mass is 19.4. The van der Waals surface area contributed by atoms with Crippen molar-refractivity contribution in [1.29, 1.82) is 0 Å². The molecule has 0 bridgehead atoms. The van der Waals surface area contributed by atoms with Crippen molar-refractivity contribution in [2.45, 2.75) is 83.0 Å². The Balaban J connectivity index is 1.43. The first kappa shape index (κ1) is 29.6. The third kappa shape index (κ3) is 7.02. The molecule has 2 aliphatic rings. The summed E-state index contributed by atoms with van der Waals surface area (Å²) in [5, 5.41) is 3.14. The maximum Gasteiger partial charge on any atom is 0.493 e. The number of carbonyl (C=O) groups excluding carboxylic acids is 2. The van der Waals surface area contributed by atoms with E-state index in [0.29, 0.717) is 30.6 Å². The molecule has 0 aliphatic carbocycles. The molecule has 0 saturated carbocycles. The van der Waals surface area contributed by atoms with Gasteiger partial charge in [-0.3, -0.25) is 9.69 Å². The van der Waals surface area contributed by atoms with Crippen LogP contribution in [0.1, 0.15) is 75.0 Å². The van der Waals surface area contributed by atoms with Gasteiger partial charge in [-0.25, -0.2) is 4.79 Å². The molecule has 1 unspecified atom stereocenters. The number of likely N-dealkylation sites (tertiary alicyclic amines) is 1. The molecule has 1 saturated heterocycles. The molecule has 2 N–H and O–H groups in total. The Kier molecular flexibility index (Phi) is 9.50. The highest BCUT2D eigenvalue weighted by molar-refractivity contribution is 6.02. The number of anilines is 1. The summed E-state index contributed by atoms with van der Waals surface area (Å²) < 4.78 is 37.3. The summed E-state index contributed by atoms with van der Waals surface area (Å²) in [6.45, 7) is 6.29. The van der Waals surface area contributed by atoms with Crippen molar-refractivity contribution in [3.63, 3.8) is 0 Å². The number of nitrogens with two attached hydrogens (primary N) is 1. The average molecular weight is 559 g/mol. The lowest BCUT2D eigenvalue weighted by Crippen LogP contribution is -2.44. The summed E-state index contributed by atoms with van der Waals surface area (Å²) in [7, 11) is 0. The highest BCUT2D eigenvalue weighted by Crippen LogP contribution is 2.36. The largest absolute Gasteiger partial charge is 0.493 e. The molecule has 10 heteroatoms. The number of fused-ring (bicyclic) bond motifs is 1. The fraction of sp³-hybridized carbons (Fsp3) is 0.500. The zero-order valence-corrected chi connectivity index (χ0v) is 23.0. The van der Waals surface area contributed by atoms with E-state index < -0.39 is 23.9 Å². The number of halogens is 3. The van der Waals surface area contributed by atoms with Crippen LogP contribution in [0.4, 0.5) is 18.9 Å². The molecule has 0 aromatic heterocycles. The molecule has 7 nitrogen and oxygen atoms in total. The third-order valence-corrected chi connectivity index (χ3v) is 7.99. The van der Waals surface area contributed by atoms with E-state index in [1.165, 1.54) is 25.3 Å². The number of nitrogens with zero attached hydrogens (tertiary/aromatic N) is 3. The van der Waals surface area contributed by atoms with Crippen LogP contribution in [0.3, 0.4) is 0 Å². The van der Waals surface area contributed by atoms with E-state index in [0.717, 1.165) is 37.1 Å². The maximum absolute atomic E-state index is 13.8. The minimum Gasteiger partial charge on any atom is -0.380 e. The molecule has 2 aliphatic heterocycles. The van der Waals surface area contributed by atoms with Crippen LogP contribution < -0.4 is 10.6 Å². The van der Waals surface area contributed by atoms with Crippen molar-refractivity contribution in [1.82, 2.24) is 4.90 Å². The van der Waals surface area contributed by atoms with Gasteiger partial charge in [-0.2, -0.15) is 13.2 Å². The maximum atomic E-state index is 13.8. The molecule has 2 aromatic rings. The van der Waals surface area contributed by atoms with Gasteiger partial charge in [0.15, 0.2) is 5.84 Å². The molecular weight excluding hydrogens is 521 g/mol. The summed E-state index contributed by atoms with van der Waals surface area (Å²) in [5.74, 6) is -3.37. The van der Waals surface area contributed by atoms with Crippen LogP contribution in [0.15, 0.2) is 53.7 Å². The molecule has 216 valence electrons. The molecule has 1 fully saturated rings. The predicted octanol–water partition coefficient (Wildman–Crippen LogP) is 5.52. The molecule has 0 spiro atoms. The lowest BCUT2D eigenvalue weighted by atomic mass is 9.85. The van der Waals surface area contributed by atoms with Gasteiger partial charge >= 0.3 is 12.1 Å². The molecule has 2 aromatic carbocycles. The van der Waals surface area contributed by atoms with Gasteiger partial charge in [-0.05, 0) is 75.8 Å². The van der Waals surface area contributed by atoms with Crippen LogP contribution in [0.25, 0.3) is 0 Å². The fourth-order valence-corrected chi connectivity index (χ4v) is 5.82. The van der Waals surface area contributed by atoms with Gasteiger partial charge in [-0.1, -0.05) is 54.4 Å². The Labute approximate surface area is 233 Å². The number of amides is 1. The van der Waals surface area contributed by atoms with Crippen molar-refractivity contribution >= 4 is 23.4 Å². The minimum absolute atomic E-state index is 0.0341. The van der Waals surface area contributed by atoms with E-state index >= 15 is 0 Å². The first-order valence-corrected chi connectivity index (χ1v) is 13.9. The zero-order valence-electron chi connectivity index (χ0n) is 23.0. The smallest absolute Gasteiger partial charge is 0.380 e. The number of piperidine rings is 1. The molecule has 3 atom stereocenters. The zero-order chi connectivity index (χ0) is 28.9. The van der Waals surface area contributed by atoms with E-state index in [2.05, 4.69) is 28.7 Å². The van der Waals surface area contributed by atoms with Gasteiger partial charge < -0.3 is 15.5 Å². The number of benzene rings is 2. The van der Waals surface area contributed by atoms with Gasteiger partial charge in [0.2, 0.25) is 5.91 Å². The van der Waals surface area contributed by atoms with Crippen molar-refractivity contribution < 1.29 is 27.6 Å². The minimum atomic E-state index is -5.18. The second kappa shape index (κ2) is 12.8. The highest BCUT2D eigenvalue weighted by Gasteiger charge is 2.42. The standard InChI is InChI=1S/C30H37F3N4O3/c1-20-10-8-11-21(2)36(20)16-6-3-7-17-37-26-15-5-4-12-23(26)19-25(28(37)38)22-13-9-14-24(18-22)27(34)35-40-29(39)30(31,32)33/h4-5,9,12-15,18,20-21,25H,3,6-8,10-11,16-17,19H2,1-2H3,(H2,34,35)/t20-,21+,25?. The second-order valence-corrected chi connectivity index (χ2v) is 10.8. The van der Waals surface area contributed by atoms with Crippen molar-refractivity contribution in [2.75, 3.05) is 18.0 Å². The van der Waals surface area contributed by atoms with Crippen molar-refractivity contribution in [3.05, 3.63) is 65.2 Å². The third-order valence-electron chi connectivity index (χ3n) is 7.99. The number of carbonyl (C=O) groups is 2. The van der Waals surface area contributed by atoms with Crippen LogP contribution in [-0.2, 0) is 20.8 Å². The lowest BCUT2D eigenvalue weighted by Gasteiger charge is -2.39. The first-order valence-electron chi connectivity index (χ1n) is 13.9. The summed E-state index contributed by atoms with van der Waals surface area (Å²) in [4.78, 5) is 33.1. The molecular formula is C30H37F3N4O3. The van der Waals surface area contributed by atoms with E-state index in [1.54, 1.807) is 18.2 Å². The Bertz CT molecular complexity index is 1220. The molecule has 2 heterocycles.